The summed E-state index contributed by atoms with van der Waals surface area (Å²) in [6, 6.07) is 28.8. The van der Waals surface area contributed by atoms with Crippen LogP contribution in [-0.2, 0) is 4.74 Å². The van der Waals surface area contributed by atoms with Gasteiger partial charge in [0.1, 0.15) is 10.8 Å². The number of carbonyl (C=O) groups excluding carboxylic acids is 1. The number of esters is 1. The lowest BCUT2D eigenvalue weighted by atomic mass is 10.1. The van der Waals surface area contributed by atoms with Crippen LogP contribution in [0.3, 0.4) is 0 Å². The number of benzene rings is 3. The Balaban J connectivity index is 1.55. The molecule has 33 heavy (non-hydrogen) atoms. The number of para-hydroxylation sites is 3. The molecule has 0 aliphatic heterocycles. The van der Waals surface area contributed by atoms with Crippen molar-refractivity contribution in [1.82, 2.24) is 0 Å². The third kappa shape index (κ3) is 5.77. The monoisotopic (exact) mass is 474 g/mol. The van der Waals surface area contributed by atoms with E-state index in [4.69, 9.17) is 21.7 Å². The molecule has 166 valence electrons. The van der Waals surface area contributed by atoms with Gasteiger partial charge in [0, 0.05) is 4.88 Å². The molecule has 0 saturated heterocycles. The third-order valence-electron chi connectivity index (χ3n) is 4.62. The number of hydrogen-bond acceptors (Lipinski definition) is 5. The Bertz CT molecular complexity index is 1240. The maximum absolute atomic E-state index is 12.6. The summed E-state index contributed by atoms with van der Waals surface area (Å²) in [5.41, 5.74) is 2.16. The summed E-state index contributed by atoms with van der Waals surface area (Å²) >= 11 is 7.00. The van der Waals surface area contributed by atoms with Crippen molar-refractivity contribution >= 4 is 45.3 Å². The van der Waals surface area contributed by atoms with Crippen molar-refractivity contribution in [2.24, 2.45) is 0 Å². The van der Waals surface area contributed by atoms with Gasteiger partial charge in [0.05, 0.1) is 17.9 Å². The Morgan fingerprint density at radius 2 is 1.58 bits per heavy atom. The largest absolute Gasteiger partial charge is 0.462 e. The number of nitrogens with one attached hydrogen (secondary N) is 2. The predicted octanol–water partition coefficient (Wildman–Crippen LogP) is 7.19. The molecule has 0 radical (unpaired) electrons. The molecule has 5 nitrogen and oxygen atoms in total. The van der Waals surface area contributed by atoms with Gasteiger partial charge in [-0.25, -0.2) is 4.79 Å². The first-order valence-electron chi connectivity index (χ1n) is 10.4. The average molecular weight is 475 g/mol. The fourth-order valence-electron chi connectivity index (χ4n) is 3.12. The lowest BCUT2D eigenvalue weighted by molar-refractivity contribution is 0.0528. The van der Waals surface area contributed by atoms with Gasteiger partial charge in [-0.3, -0.25) is 0 Å². The Morgan fingerprint density at radius 3 is 2.30 bits per heavy atom. The molecule has 0 aliphatic rings. The highest BCUT2D eigenvalue weighted by Crippen LogP contribution is 2.36. The van der Waals surface area contributed by atoms with Crippen molar-refractivity contribution in [1.29, 1.82) is 0 Å². The van der Waals surface area contributed by atoms with E-state index in [1.807, 2.05) is 91.0 Å². The van der Waals surface area contributed by atoms with E-state index >= 15 is 0 Å². The van der Waals surface area contributed by atoms with E-state index in [1.54, 1.807) is 6.92 Å². The second-order valence-corrected chi connectivity index (χ2v) is 8.39. The summed E-state index contributed by atoms with van der Waals surface area (Å²) in [5.74, 6) is 0.963. The summed E-state index contributed by atoms with van der Waals surface area (Å²) < 4.78 is 11.2. The number of ether oxygens (including phenoxy) is 2. The zero-order valence-electron chi connectivity index (χ0n) is 17.9. The van der Waals surface area contributed by atoms with Crippen molar-refractivity contribution in [2.75, 3.05) is 17.2 Å². The summed E-state index contributed by atoms with van der Waals surface area (Å²) in [6.07, 6.45) is 0. The zero-order valence-corrected chi connectivity index (χ0v) is 19.5. The van der Waals surface area contributed by atoms with Gasteiger partial charge < -0.3 is 20.1 Å². The van der Waals surface area contributed by atoms with Crippen molar-refractivity contribution in [2.45, 2.75) is 6.92 Å². The molecule has 0 bridgehead atoms. The van der Waals surface area contributed by atoms with Crippen LogP contribution in [0.2, 0.25) is 0 Å². The van der Waals surface area contributed by atoms with Crippen LogP contribution in [0.5, 0.6) is 11.5 Å². The van der Waals surface area contributed by atoms with E-state index in [-0.39, 0.29) is 0 Å². The van der Waals surface area contributed by atoms with Crippen LogP contribution in [0.15, 0.2) is 91.0 Å². The first-order chi connectivity index (χ1) is 16.1. The fourth-order valence-corrected chi connectivity index (χ4v) is 4.45. The molecule has 7 heteroatoms. The van der Waals surface area contributed by atoms with Gasteiger partial charge in [0.15, 0.2) is 10.9 Å². The molecule has 0 spiro atoms. The fraction of sp³-hybridized carbons (Fsp3) is 0.0769. The van der Waals surface area contributed by atoms with Crippen molar-refractivity contribution in [3.05, 3.63) is 96.6 Å². The quantitative estimate of drug-likeness (QED) is 0.218. The first-order valence-corrected chi connectivity index (χ1v) is 11.6. The predicted molar refractivity (Wildman–Crippen MR) is 139 cm³/mol. The molecular weight excluding hydrogens is 452 g/mol. The molecule has 0 amide bonds. The van der Waals surface area contributed by atoms with E-state index in [0.29, 0.717) is 33.7 Å². The highest BCUT2D eigenvalue weighted by Gasteiger charge is 2.19. The molecule has 1 heterocycles. The zero-order chi connectivity index (χ0) is 23.0. The van der Waals surface area contributed by atoms with Gasteiger partial charge >= 0.3 is 5.97 Å². The first kappa shape index (κ1) is 22.5. The van der Waals surface area contributed by atoms with E-state index in [2.05, 4.69) is 10.6 Å². The van der Waals surface area contributed by atoms with Gasteiger partial charge in [-0.2, -0.15) is 0 Å². The average Bonchev–Trinajstić information content (AvgIpc) is 3.25. The van der Waals surface area contributed by atoms with Crippen molar-refractivity contribution in [3.8, 4) is 21.9 Å². The maximum Gasteiger partial charge on any atom is 0.341 e. The van der Waals surface area contributed by atoms with E-state index in [1.165, 1.54) is 11.3 Å². The second kappa shape index (κ2) is 10.8. The minimum atomic E-state index is -0.394. The topological polar surface area (TPSA) is 59.6 Å². The second-order valence-electron chi connectivity index (χ2n) is 6.93. The molecule has 0 unspecified atom stereocenters. The number of carbonyl (C=O) groups is 1. The van der Waals surface area contributed by atoms with Crippen LogP contribution in [0.1, 0.15) is 17.3 Å². The van der Waals surface area contributed by atoms with Crippen LogP contribution in [0, 0.1) is 0 Å². The van der Waals surface area contributed by atoms with E-state index in [0.717, 1.165) is 16.2 Å². The van der Waals surface area contributed by atoms with Crippen LogP contribution in [0.4, 0.5) is 10.7 Å². The lowest BCUT2D eigenvalue weighted by Gasteiger charge is -2.14. The Kier molecular flexibility index (Phi) is 7.34. The number of rotatable bonds is 7. The number of thiocarbonyl (C=S) groups is 1. The Labute approximate surface area is 202 Å². The summed E-state index contributed by atoms with van der Waals surface area (Å²) in [5, 5.41) is 7.29. The molecule has 0 saturated carbocycles. The van der Waals surface area contributed by atoms with E-state index in [9.17, 15) is 4.79 Å². The molecule has 0 aliphatic carbocycles. The van der Waals surface area contributed by atoms with Gasteiger partial charge in [-0.1, -0.05) is 60.7 Å². The summed E-state index contributed by atoms with van der Waals surface area (Å²) in [7, 11) is 0. The van der Waals surface area contributed by atoms with Gasteiger partial charge in [-0.15, -0.1) is 11.3 Å². The minimum Gasteiger partial charge on any atom is -0.462 e. The van der Waals surface area contributed by atoms with Crippen molar-refractivity contribution in [3.63, 3.8) is 0 Å². The molecule has 1 aromatic heterocycles. The smallest absolute Gasteiger partial charge is 0.341 e. The summed E-state index contributed by atoms with van der Waals surface area (Å²) in [4.78, 5) is 13.5. The van der Waals surface area contributed by atoms with Crippen LogP contribution in [-0.4, -0.2) is 17.7 Å². The molecular formula is C26H22N2O3S2. The summed E-state index contributed by atoms with van der Waals surface area (Å²) in [6.45, 7) is 2.08. The minimum absolute atomic E-state index is 0.293. The molecule has 4 rings (SSSR count). The highest BCUT2D eigenvalue weighted by atomic mass is 32.1. The lowest BCUT2D eigenvalue weighted by Crippen LogP contribution is -2.20. The van der Waals surface area contributed by atoms with Gasteiger partial charge in [0.2, 0.25) is 0 Å². The third-order valence-corrected chi connectivity index (χ3v) is 5.92. The maximum atomic E-state index is 12.6. The number of anilines is 2. The SMILES string of the molecule is CCOC(=O)c1cc(-c2ccccc2)sc1NC(=S)Nc1ccccc1Oc1ccccc1. The standard InChI is InChI=1S/C26H22N2O3S2/c1-2-30-25(29)20-17-23(18-11-5-3-6-12-18)33-24(20)28-26(32)27-21-15-9-10-16-22(21)31-19-13-7-4-8-14-19/h3-17H,2H2,1H3,(H2,27,28,32). The number of thiophene rings is 1. The Morgan fingerprint density at radius 1 is 0.909 bits per heavy atom. The van der Waals surface area contributed by atoms with Crippen LogP contribution in [0.25, 0.3) is 10.4 Å². The molecule has 4 aromatic rings. The highest BCUT2D eigenvalue weighted by molar-refractivity contribution is 7.80. The van der Waals surface area contributed by atoms with Crippen LogP contribution >= 0.6 is 23.6 Å². The molecule has 2 N–H and O–H groups in total. The molecule has 0 fully saturated rings. The van der Waals surface area contributed by atoms with Gasteiger partial charge in [-0.05, 0) is 55.0 Å². The van der Waals surface area contributed by atoms with Crippen molar-refractivity contribution < 1.29 is 14.3 Å². The van der Waals surface area contributed by atoms with Crippen LogP contribution < -0.4 is 15.4 Å². The number of hydrogen-bond donors (Lipinski definition) is 2. The Hall–Kier alpha value is -3.68. The molecule has 0 atom stereocenters. The van der Waals surface area contributed by atoms with E-state index < -0.39 is 5.97 Å². The molecule has 3 aromatic carbocycles. The normalized spacial score (nSPS) is 10.3. The van der Waals surface area contributed by atoms with Gasteiger partial charge in [0.25, 0.3) is 0 Å².